The third kappa shape index (κ3) is 1.52. The number of aromatic amines is 1. The number of rotatable bonds is 3. The molecule has 0 bridgehead atoms. The minimum absolute atomic E-state index is 0.900. The van der Waals surface area contributed by atoms with E-state index in [-0.39, 0.29) is 0 Å². The molecule has 0 saturated carbocycles. The molecule has 0 aliphatic rings. The monoisotopic (exact) mass is 174 g/mol. The summed E-state index contributed by atoms with van der Waals surface area (Å²) in [6.07, 6.45) is 2.80. The average molecular weight is 174 g/mol. The van der Waals surface area contributed by atoms with Gasteiger partial charge in [-0.25, -0.2) is 0 Å². The van der Waals surface area contributed by atoms with E-state index in [9.17, 15) is 0 Å². The summed E-state index contributed by atoms with van der Waals surface area (Å²) in [5.41, 5.74) is 1.11. The first-order valence-corrected chi connectivity index (χ1v) is 4.46. The summed E-state index contributed by atoms with van der Waals surface area (Å²) in [4.78, 5) is 3.15. The number of aromatic nitrogens is 1. The molecule has 0 aliphatic carbocycles. The van der Waals surface area contributed by atoms with Gasteiger partial charge in [0.25, 0.3) is 0 Å². The van der Waals surface area contributed by atoms with E-state index in [1.165, 1.54) is 0 Å². The molecule has 0 saturated heterocycles. The normalized spacial score (nSPS) is 10.5. The molecule has 2 nitrogen and oxygen atoms in total. The molecule has 0 amide bonds. The van der Waals surface area contributed by atoms with Gasteiger partial charge in [-0.2, -0.15) is 0 Å². The van der Waals surface area contributed by atoms with Crippen molar-refractivity contribution in [1.29, 1.82) is 0 Å². The topological polar surface area (TPSA) is 25.0 Å². The second-order valence-corrected chi connectivity index (χ2v) is 2.89. The van der Waals surface area contributed by atoms with Crippen LogP contribution < -0.4 is 4.74 Å². The summed E-state index contributed by atoms with van der Waals surface area (Å²) >= 11 is 0. The van der Waals surface area contributed by atoms with Crippen molar-refractivity contribution in [2.45, 2.75) is 13.3 Å². The Balaban J connectivity index is 2.35. The smallest absolute Gasteiger partial charge is 0.145 e. The van der Waals surface area contributed by atoms with Crippen LogP contribution in [0.15, 0.2) is 30.5 Å². The number of H-pyrrole nitrogens is 1. The summed E-state index contributed by atoms with van der Waals surface area (Å²) in [7, 11) is 0. The van der Waals surface area contributed by atoms with Gasteiger partial charge in [-0.05, 0) is 18.6 Å². The van der Waals surface area contributed by atoms with Gasteiger partial charge in [0.15, 0.2) is 0 Å². The number of nitrogens with one attached hydrogen (secondary N) is 1. The zero-order valence-corrected chi connectivity index (χ0v) is 7.58. The first kappa shape index (κ1) is 8.17. The number of ether oxygens (including phenoxy) is 1. The molecule has 2 aromatic rings. The molecule has 67 valence electrons. The summed E-state index contributed by atoms with van der Waals surface area (Å²) in [5.74, 6) is 0.900. The molecule has 0 atom stereocenters. The summed E-state index contributed by atoms with van der Waals surface area (Å²) in [5, 5.41) is 1.13. The molecule has 1 radical (unpaired) electrons. The van der Waals surface area contributed by atoms with Gasteiger partial charge in [0.05, 0.1) is 0 Å². The minimum atomic E-state index is 0.900. The Morgan fingerprint density at radius 1 is 1.38 bits per heavy atom. The van der Waals surface area contributed by atoms with Gasteiger partial charge in [0.2, 0.25) is 0 Å². The standard InChI is InChI=1S/C11H12NO/c1-2-7-13-11-8-12-10-6-4-3-5-9(10)11/h3-8,12H,2H2,1H3. The molecule has 1 aromatic heterocycles. The lowest BCUT2D eigenvalue weighted by Gasteiger charge is -1.99. The first-order chi connectivity index (χ1) is 6.42. The minimum Gasteiger partial charge on any atom is -0.484 e. The Kier molecular flexibility index (Phi) is 2.21. The number of hydrogen-bond acceptors (Lipinski definition) is 1. The molecule has 0 spiro atoms. The molecular weight excluding hydrogens is 162 g/mol. The van der Waals surface area contributed by atoms with E-state index >= 15 is 0 Å². The molecule has 1 aromatic carbocycles. The van der Waals surface area contributed by atoms with Crippen molar-refractivity contribution in [3.8, 4) is 5.75 Å². The fraction of sp³-hybridized carbons (Fsp3) is 0.182. The van der Waals surface area contributed by atoms with Crippen LogP contribution in [0.2, 0.25) is 0 Å². The third-order valence-electron chi connectivity index (χ3n) is 1.93. The molecule has 0 unspecified atom stereocenters. The zero-order chi connectivity index (χ0) is 9.10. The van der Waals surface area contributed by atoms with E-state index in [1.54, 1.807) is 6.61 Å². The maximum Gasteiger partial charge on any atom is 0.145 e. The maximum atomic E-state index is 5.45. The van der Waals surface area contributed by atoms with Gasteiger partial charge in [0.1, 0.15) is 12.4 Å². The SMILES string of the molecule is CC[CH]Oc1c[nH]c2ccccc12. The fourth-order valence-electron chi connectivity index (χ4n) is 1.32. The van der Waals surface area contributed by atoms with Crippen LogP contribution in [0.4, 0.5) is 0 Å². The number of benzene rings is 1. The van der Waals surface area contributed by atoms with E-state index in [0.29, 0.717) is 0 Å². The average Bonchev–Trinajstić information content (AvgIpc) is 2.58. The van der Waals surface area contributed by atoms with E-state index in [2.05, 4.69) is 11.9 Å². The Labute approximate surface area is 77.5 Å². The molecule has 0 aliphatic heterocycles. The number of para-hydroxylation sites is 1. The first-order valence-electron chi connectivity index (χ1n) is 4.46. The Bertz CT molecular complexity index is 392. The maximum absolute atomic E-state index is 5.45. The van der Waals surface area contributed by atoms with E-state index in [1.807, 2.05) is 30.5 Å². The van der Waals surface area contributed by atoms with Crippen molar-refractivity contribution >= 4 is 10.9 Å². The van der Waals surface area contributed by atoms with Crippen LogP contribution in [0, 0.1) is 6.61 Å². The van der Waals surface area contributed by atoms with Gasteiger partial charge >= 0.3 is 0 Å². The number of hydrogen-bond donors (Lipinski definition) is 1. The molecule has 2 rings (SSSR count). The van der Waals surface area contributed by atoms with Gasteiger partial charge in [-0.1, -0.05) is 19.1 Å². The van der Waals surface area contributed by atoms with E-state index < -0.39 is 0 Å². The third-order valence-corrected chi connectivity index (χ3v) is 1.93. The highest BCUT2D eigenvalue weighted by molar-refractivity contribution is 5.85. The molecule has 1 heterocycles. The predicted octanol–water partition coefficient (Wildman–Crippen LogP) is 3.12. The van der Waals surface area contributed by atoms with Crippen molar-refractivity contribution < 1.29 is 4.74 Å². The fourth-order valence-corrected chi connectivity index (χ4v) is 1.32. The van der Waals surface area contributed by atoms with Crippen molar-refractivity contribution in [2.24, 2.45) is 0 Å². The van der Waals surface area contributed by atoms with Crippen molar-refractivity contribution in [3.05, 3.63) is 37.1 Å². The highest BCUT2D eigenvalue weighted by atomic mass is 16.5. The highest BCUT2D eigenvalue weighted by Crippen LogP contribution is 2.25. The van der Waals surface area contributed by atoms with Crippen LogP contribution in [-0.4, -0.2) is 4.98 Å². The molecule has 1 N–H and O–H groups in total. The van der Waals surface area contributed by atoms with Crippen molar-refractivity contribution in [1.82, 2.24) is 4.98 Å². The second kappa shape index (κ2) is 3.52. The largest absolute Gasteiger partial charge is 0.484 e. The van der Waals surface area contributed by atoms with E-state index in [0.717, 1.165) is 23.1 Å². The van der Waals surface area contributed by atoms with Crippen LogP contribution in [0.1, 0.15) is 13.3 Å². The van der Waals surface area contributed by atoms with Gasteiger partial charge in [-0.3, -0.25) is 0 Å². The van der Waals surface area contributed by atoms with Crippen LogP contribution in [0.5, 0.6) is 5.75 Å². The summed E-state index contributed by atoms with van der Waals surface area (Å²) in [6.45, 7) is 3.85. The Hall–Kier alpha value is -1.44. The second-order valence-electron chi connectivity index (χ2n) is 2.89. The van der Waals surface area contributed by atoms with Gasteiger partial charge < -0.3 is 9.72 Å². The lowest BCUT2D eigenvalue weighted by molar-refractivity contribution is 0.402. The van der Waals surface area contributed by atoms with Crippen molar-refractivity contribution in [2.75, 3.05) is 0 Å². The van der Waals surface area contributed by atoms with Crippen LogP contribution >= 0.6 is 0 Å². The molecule has 2 heteroatoms. The zero-order valence-electron chi connectivity index (χ0n) is 7.58. The lowest BCUT2D eigenvalue weighted by atomic mass is 10.2. The van der Waals surface area contributed by atoms with Gasteiger partial charge in [0, 0.05) is 17.1 Å². The van der Waals surface area contributed by atoms with Crippen LogP contribution in [0.3, 0.4) is 0 Å². The van der Waals surface area contributed by atoms with Gasteiger partial charge in [-0.15, -0.1) is 0 Å². The summed E-state index contributed by atoms with van der Waals surface area (Å²) < 4.78 is 5.45. The Morgan fingerprint density at radius 2 is 2.23 bits per heavy atom. The van der Waals surface area contributed by atoms with Crippen molar-refractivity contribution in [3.63, 3.8) is 0 Å². The van der Waals surface area contributed by atoms with Crippen LogP contribution in [-0.2, 0) is 0 Å². The van der Waals surface area contributed by atoms with Crippen LogP contribution in [0.25, 0.3) is 10.9 Å². The Morgan fingerprint density at radius 3 is 3.08 bits per heavy atom. The number of fused-ring (bicyclic) bond motifs is 1. The molecular formula is C11H12NO. The summed E-state index contributed by atoms with van der Waals surface area (Å²) in [6, 6.07) is 8.10. The molecule has 13 heavy (non-hydrogen) atoms. The van der Waals surface area contributed by atoms with E-state index in [4.69, 9.17) is 4.74 Å². The predicted molar refractivity (Wildman–Crippen MR) is 53.5 cm³/mol. The highest BCUT2D eigenvalue weighted by Gasteiger charge is 2.02. The lowest BCUT2D eigenvalue weighted by Crippen LogP contribution is -1.85. The quantitative estimate of drug-likeness (QED) is 0.759. The molecule has 0 fully saturated rings.